The molecule has 0 atom stereocenters. The smallest absolute Gasteiger partial charge is 0.165 e. The van der Waals surface area contributed by atoms with Crippen molar-refractivity contribution in [2.45, 2.75) is 0 Å². The summed E-state index contributed by atoms with van der Waals surface area (Å²) in [7, 11) is 0. The zero-order chi connectivity index (χ0) is 32.3. The Hall–Kier alpha value is -6.23. The van der Waals surface area contributed by atoms with Gasteiger partial charge in [-0.2, -0.15) is 0 Å². The standard InChI is InChI=1S/C45H27N3S/c1-2-14-29(15-3-1)43-46-44(36-20-9-8-19-33(36)34-22-12-24-40-41(34)37-21-10-11-23-39(37)49-40)48-45(47-43)42-32-18-7-5-16-30(32)27-38-31-17-6-4-13-28(31)25-26-35(38)42/h1-27H. The van der Waals surface area contributed by atoms with Crippen molar-refractivity contribution in [1.82, 2.24) is 15.0 Å². The molecule has 0 N–H and O–H groups in total. The lowest BCUT2D eigenvalue weighted by molar-refractivity contribution is 1.08. The summed E-state index contributed by atoms with van der Waals surface area (Å²) >= 11 is 1.83. The summed E-state index contributed by atoms with van der Waals surface area (Å²) in [6.45, 7) is 0. The van der Waals surface area contributed by atoms with Crippen LogP contribution in [0.4, 0.5) is 0 Å². The Morgan fingerprint density at radius 2 is 0.980 bits per heavy atom. The number of rotatable bonds is 4. The first-order valence-electron chi connectivity index (χ1n) is 16.5. The Balaban J connectivity index is 1.29. The van der Waals surface area contributed by atoms with Crippen LogP contribution in [0.5, 0.6) is 0 Å². The largest absolute Gasteiger partial charge is 0.208 e. The highest BCUT2D eigenvalue weighted by atomic mass is 32.1. The Labute approximate surface area is 286 Å². The van der Waals surface area contributed by atoms with E-state index in [-0.39, 0.29) is 0 Å². The van der Waals surface area contributed by atoms with Gasteiger partial charge >= 0.3 is 0 Å². The first kappa shape index (κ1) is 27.8. The fourth-order valence-corrected chi connectivity index (χ4v) is 8.43. The Bertz CT molecular complexity index is 2890. The molecule has 3 nitrogen and oxygen atoms in total. The van der Waals surface area contributed by atoms with Crippen LogP contribution in [0.2, 0.25) is 0 Å². The Morgan fingerprint density at radius 1 is 0.347 bits per heavy atom. The summed E-state index contributed by atoms with van der Waals surface area (Å²) in [6, 6.07) is 57.9. The van der Waals surface area contributed by atoms with Gasteiger partial charge < -0.3 is 0 Å². The van der Waals surface area contributed by atoms with E-state index >= 15 is 0 Å². The zero-order valence-electron chi connectivity index (χ0n) is 26.3. The molecule has 4 heteroatoms. The number of hydrogen-bond donors (Lipinski definition) is 0. The molecule has 0 fully saturated rings. The second-order valence-electron chi connectivity index (χ2n) is 12.3. The summed E-state index contributed by atoms with van der Waals surface area (Å²) in [5.41, 5.74) is 5.22. The highest BCUT2D eigenvalue weighted by Gasteiger charge is 2.21. The minimum Gasteiger partial charge on any atom is -0.208 e. The Kier molecular flexibility index (Phi) is 6.36. The number of fused-ring (bicyclic) bond motifs is 7. The van der Waals surface area contributed by atoms with E-state index in [1.165, 1.54) is 41.9 Å². The lowest BCUT2D eigenvalue weighted by atomic mass is 9.92. The van der Waals surface area contributed by atoms with Crippen molar-refractivity contribution in [2.24, 2.45) is 0 Å². The summed E-state index contributed by atoms with van der Waals surface area (Å²) in [5, 5.41) is 9.53. The van der Waals surface area contributed by atoms with Crippen molar-refractivity contribution in [2.75, 3.05) is 0 Å². The van der Waals surface area contributed by atoms with Crippen LogP contribution in [0.1, 0.15) is 0 Å². The van der Waals surface area contributed by atoms with Crippen LogP contribution >= 0.6 is 11.3 Å². The third kappa shape index (κ3) is 4.53. The Morgan fingerprint density at radius 3 is 1.86 bits per heavy atom. The van der Waals surface area contributed by atoms with Crippen LogP contribution in [0.3, 0.4) is 0 Å². The van der Waals surface area contributed by atoms with Gasteiger partial charge in [-0.15, -0.1) is 11.3 Å². The van der Waals surface area contributed by atoms with Gasteiger partial charge in [-0.3, -0.25) is 0 Å². The van der Waals surface area contributed by atoms with E-state index in [1.54, 1.807) is 0 Å². The molecule has 0 saturated heterocycles. The fraction of sp³-hybridized carbons (Fsp3) is 0. The molecule has 0 aliphatic carbocycles. The lowest BCUT2D eigenvalue weighted by Gasteiger charge is -2.16. The molecule has 228 valence electrons. The van der Waals surface area contributed by atoms with Gasteiger partial charge in [0.2, 0.25) is 0 Å². The molecule has 2 heterocycles. The first-order valence-corrected chi connectivity index (χ1v) is 17.3. The van der Waals surface area contributed by atoms with Gasteiger partial charge in [-0.25, -0.2) is 15.0 Å². The molecular weight excluding hydrogens is 615 g/mol. The number of aromatic nitrogens is 3. The maximum absolute atomic E-state index is 5.38. The molecule has 0 aliphatic rings. The van der Waals surface area contributed by atoms with E-state index in [0.717, 1.165) is 38.4 Å². The molecule has 0 unspecified atom stereocenters. The van der Waals surface area contributed by atoms with Gasteiger partial charge in [0.05, 0.1) is 0 Å². The van der Waals surface area contributed by atoms with E-state index in [0.29, 0.717) is 17.5 Å². The highest BCUT2D eigenvalue weighted by Crippen LogP contribution is 2.43. The molecule has 2 aromatic heterocycles. The number of hydrogen-bond acceptors (Lipinski definition) is 4. The monoisotopic (exact) mass is 641 g/mol. The van der Waals surface area contributed by atoms with Gasteiger partial charge in [0.25, 0.3) is 0 Å². The van der Waals surface area contributed by atoms with Crippen molar-refractivity contribution in [3.05, 3.63) is 164 Å². The van der Waals surface area contributed by atoms with Crippen molar-refractivity contribution in [3.63, 3.8) is 0 Å². The summed E-state index contributed by atoms with van der Waals surface area (Å²) in [6.07, 6.45) is 0. The molecule has 0 amide bonds. The van der Waals surface area contributed by atoms with Crippen LogP contribution in [-0.4, -0.2) is 15.0 Å². The molecule has 0 radical (unpaired) electrons. The maximum atomic E-state index is 5.38. The van der Waals surface area contributed by atoms with E-state index in [4.69, 9.17) is 15.0 Å². The normalized spacial score (nSPS) is 11.7. The van der Waals surface area contributed by atoms with Crippen molar-refractivity contribution in [1.29, 1.82) is 0 Å². The zero-order valence-corrected chi connectivity index (χ0v) is 27.2. The maximum Gasteiger partial charge on any atom is 0.165 e. The quantitative estimate of drug-likeness (QED) is 0.142. The third-order valence-corrected chi connectivity index (χ3v) is 10.7. The predicted octanol–water partition coefficient (Wildman–Crippen LogP) is 12.4. The average molecular weight is 642 g/mol. The molecule has 0 saturated carbocycles. The van der Waals surface area contributed by atoms with Crippen LogP contribution < -0.4 is 0 Å². The molecular formula is C45H27N3S. The predicted molar refractivity (Wildman–Crippen MR) is 207 cm³/mol. The molecule has 8 aromatic carbocycles. The van der Waals surface area contributed by atoms with Gasteiger partial charge in [0, 0.05) is 36.9 Å². The van der Waals surface area contributed by atoms with Gasteiger partial charge in [-0.1, -0.05) is 146 Å². The van der Waals surface area contributed by atoms with Crippen LogP contribution in [0.25, 0.3) is 97.8 Å². The first-order chi connectivity index (χ1) is 24.3. The van der Waals surface area contributed by atoms with E-state index in [1.807, 2.05) is 29.5 Å². The van der Waals surface area contributed by atoms with Crippen LogP contribution in [0.15, 0.2) is 164 Å². The van der Waals surface area contributed by atoms with E-state index in [9.17, 15) is 0 Å². The number of benzene rings is 8. The number of nitrogens with zero attached hydrogens (tertiary/aromatic N) is 3. The minimum atomic E-state index is 0.650. The van der Waals surface area contributed by atoms with Crippen molar-refractivity contribution in [3.8, 4) is 45.3 Å². The molecule has 49 heavy (non-hydrogen) atoms. The average Bonchev–Trinajstić information content (AvgIpc) is 3.56. The van der Waals surface area contributed by atoms with Crippen LogP contribution in [0, 0.1) is 0 Å². The highest BCUT2D eigenvalue weighted by molar-refractivity contribution is 7.25. The second-order valence-corrected chi connectivity index (χ2v) is 13.4. The SMILES string of the molecule is c1ccc(-c2nc(-c3ccccc3-c3cccc4sc5ccccc5c34)nc(-c3c4ccccc4cc4c3ccc3ccccc34)n2)cc1. The van der Waals surface area contributed by atoms with Gasteiger partial charge in [0.15, 0.2) is 17.5 Å². The van der Waals surface area contributed by atoms with Crippen LogP contribution in [-0.2, 0) is 0 Å². The third-order valence-electron chi connectivity index (χ3n) is 9.52. The molecule has 0 bridgehead atoms. The fourth-order valence-electron chi connectivity index (χ4n) is 7.30. The second kappa shape index (κ2) is 11.2. The summed E-state index contributed by atoms with van der Waals surface area (Å²) in [4.78, 5) is 15.8. The lowest BCUT2D eigenvalue weighted by Crippen LogP contribution is -2.02. The molecule has 0 aliphatic heterocycles. The van der Waals surface area contributed by atoms with E-state index < -0.39 is 0 Å². The minimum absolute atomic E-state index is 0.650. The van der Waals surface area contributed by atoms with Crippen molar-refractivity contribution < 1.29 is 0 Å². The van der Waals surface area contributed by atoms with Crippen molar-refractivity contribution >= 4 is 63.8 Å². The number of thiophene rings is 1. The summed E-state index contributed by atoms with van der Waals surface area (Å²) < 4.78 is 2.55. The topological polar surface area (TPSA) is 38.7 Å². The molecule has 0 spiro atoms. The van der Waals surface area contributed by atoms with Gasteiger partial charge in [-0.05, 0) is 61.6 Å². The molecule has 10 aromatic rings. The molecule has 10 rings (SSSR count). The van der Waals surface area contributed by atoms with Gasteiger partial charge in [0.1, 0.15) is 0 Å². The summed E-state index contributed by atoms with van der Waals surface area (Å²) in [5.74, 6) is 1.96. The van der Waals surface area contributed by atoms with E-state index in [2.05, 4.69) is 146 Å².